The second-order valence-electron chi connectivity index (χ2n) is 8.17. The van der Waals surface area contributed by atoms with Crippen LogP contribution in [0.15, 0.2) is 18.2 Å². The summed E-state index contributed by atoms with van der Waals surface area (Å²) >= 11 is 0. The number of hydrogen-bond acceptors (Lipinski definition) is 6. The van der Waals surface area contributed by atoms with Gasteiger partial charge in [-0.3, -0.25) is 29.4 Å². The number of hydrogen-bond donors (Lipinski definition) is 2. The van der Waals surface area contributed by atoms with Crippen LogP contribution in [-0.4, -0.2) is 73.1 Å². The highest BCUT2D eigenvalue weighted by molar-refractivity contribution is 6.06. The van der Waals surface area contributed by atoms with E-state index in [0.29, 0.717) is 22.8 Å². The Morgan fingerprint density at radius 2 is 2.07 bits per heavy atom. The number of carbonyl (C=O) groups is 4. The van der Waals surface area contributed by atoms with E-state index in [1.165, 1.54) is 11.9 Å². The van der Waals surface area contributed by atoms with Crippen molar-refractivity contribution in [1.29, 1.82) is 0 Å². The molecule has 3 saturated heterocycles. The molecule has 2 N–H and O–H groups in total. The lowest BCUT2D eigenvalue weighted by atomic mass is 9.74. The van der Waals surface area contributed by atoms with Crippen LogP contribution in [0.4, 0.5) is 0 Å². The number of amides is 3. The summed E-state index contributed by atoms with van der Waals surface area (Å²) in [6.45, 7) is 4.93. The molecule has 8 heteroatoms. The molecule has 1 aromatic carbocycles. The average molecular weight is 384 g/mol. The van der Waals surface area contributed by atoms with Crippen molar-refractivity contribution < 1.29 is 19.2 Å². The zero-order chi connectivity index (χ0) is 19.9. The molecule has 1 atom stereocenters. The summed E-state index contributed by atoms with van der Waals surface area (Å²) in [6.07, 6.45) is 1.14. The van der Waals surface area contributed by atoms with Gasteiger partial charge < -0.3 is 10.2 Å². The van der Waals surface area contributed by atoms with Crippen LogP contribution in [-0.2, 0) is 16.1 Å². The molecule has 8 nitrogen and oxygen atoms in total. The Morgan fingerprint density at radius 3 is 2.68 bits per heavy atom. The Kier molecular flexibility index (Phi) is 4.76. The van der Waals surface area contributed by atoms with Crippen LogP contribution >= 0.6 is 0 Å². The molecule has 0 aromatic heterocycles. The number of nitrogens with zero attached hydrogens (tertiary/aromatic N) is 2. The molecular formula is C20H24N4O4. The molecular weight excluding hydrogens is 360 g/mol. The van der Waals surface area contributed by atoms with Crippen LogP contribution in [0, 0.1) is 5.41 Å². The summed E-state index contributed by atoms with van der Waals surface area (Å²) < 4.78 is 0. The van der Waals surface area contributed by atoms with Gasteiger partial charge in [-0.2, -0.15) is 0 Å². The summed E-state index contributed by atoms with van der Waals surface area (Å²) in [5.41, 5.74) is 1.98. The van der Waals surface area contributed by atoms with Crippen molar-refractivity contribution in [2.75, 3.05) is 33.2 Å². The molecule has 0 bridgehead atoms. The van der Waals surface area contributed by atoms with Crippen molar-refractivity contribution in [2.45, 2.75) is 25.4 Å². The monoisotopic (exact) mass is 384 g/mol. The maximum absolute atomic E-state index is 13.0. The number of benzene rings is 1. The highest BCUT2D eigenvalue weighted by Crippen LogP contribution is 2.35. The van der Waals surface area contributed by atoms with E-state index < -0.39 is 11.9 Å². The van der Waals surface area contributed by atoms with Crippen molar-refractivity contribution in [3.05, 3.63) is 34.9 Å². The summed E-state index contributed by atoms with van der Waals surface area (Å²) in [5.74, 6) is -1.19. The molecule has 0 aliphatic carbocycles. The van der Waals surface area contributed by atoms with Gasteiger partial charge in [-0.25, -0.2) is 0 Å². The number of likely N-dealkylation sites (tertiary alicyclic amines) is 1. The SMILES string of the molecule is CN(C(=O)c1cc(CN2CC3(CNC3)C2)ccc1C=O)C1CCC(=O)NC1=O. The highest BCUT2D eigenvalue weighted by atomic mass is 16.2. The van der Waals surface area contributed by atoms with Crippen molar-refractivity contribution in [1.82, 2.24) is 20.4 Å². The highest BCUT2D eigenvalue weighted by Gasteiger charge is 2.47. The van der Waals surface area contributed by atoms with Crippen molar-refractivity contribution >= 4 is 24.0 Å². The second-order valence-corrected chi connectivity index (χ2v) is 8.17. The zero-order valence-corrected chi connectivity index (χ0v) is 15.9. The standard InChI is InChI=1S/C20H24N4O4/c1-23(16-4-5-17(26)22-18(16)27)19(28)15-6-13(2-3-14(15)8-25)7-24-11-20(12-24)9-21-10-20/h2-3,6,8,16,21H,4-5,7,9-12H2,1H3,(H,22,26,27). The first-order valence-corrected chi connectivity index (χ1v) is 9.53. The number of carbonyl (C=O) groups excluding carboxylic acids is 4. The van der Waals surface area contributed by atoms with Gasteiger partial charge in [0, 0.05) is 57.2 Å². The van der Waals surface area contributed by atoms with Gasteiger partial charge in [-0.15, -0.1) is 0 Å². The maximum atomic E-state index is 13.0. The van der Waals surface area contributed by atoms with E-state index in [1.807, 2.05) is 6.07 Å². The Bertz CT molecular complexity index is 841. The third-order valence-electron chi connectivity index (χ3n) is 6.00. The summed E-state index contributed by atoms with van der Waals surface area (Å²) in [6, 6.07) is 4.57. The zero-order valence-electron chi connectivity index (χ0n) is 15.9. The number of piperidine rings is 1. The maximum Gasteiger partial charge on any atom is 0.255 e. The fourth-order valence-electron chi connectivity index (χ4n) is 4.35. The molecule has 3 fully saturated rings. The lowest BCUT2D eigenvalue weighted by molar-refractivity contribution is -0.136. The quantitative estimate of drug-likeness (QED) is 0.538. The normalized spacial score (nSPS) is 23.5. The molecule has 28 heavy (non-hydrogen) atoms. The van der Waals surface area contributed by atoms with Gasteiger partial charge in [0.05, 0.1) is 5.56 Å². The minimum atomic E-state index is -0.713. The largest absolute Gasteiger partial charge is 0.330 e. The number of aldehydes is 1. The van der Waals surface area contributed by atoms with Gasteiger partial charge in [0.2, 0.25) is 11.8 Å². The predicted molar refractivity (Wildman–Crippen MR) is 101 cm³/mol. The molecule has 0 saturated carbocycles. The van der Waals surface area contributed by atoms with E-state index >= 15 is 0 Å². The number of rotatable bonds is 5. The summed E-state index contributed by atoms with van der Waals surface area (Å²) in [5, 5.41) is 5.57. The van der Waals surface area contributed by atoms with Crippen LogP contribution in [0.3, 0.4) is 0 Å². The first kappa shape index (κ1) is 18.8. The van der Waals surface area contributed by atoms with Crippen LogP contribution in [0.2, 0.25) is 0 Å². The molecule has 3 amide bonds. The lowest BCUT2D eigenvalue weighted by Crippen LogP contribution is -2.70. The van der Waals surface area contributed by atoms with E-state index in [4.69, 9.17) is 0 Å². The summed E-state index contributed by atoms with van der Waals surface area (Å²) in [7, 11) is 1.53. The van der Waals surface area contributed by atoms with Crippen molar-refractivity contribution in [2.24, 2.45) is 5.41 Å². The van der Waals surface area contributed by atoms with Gasteiger partial charge >= 0.3 is 0 Å². The Hall–Kier alpha value is -2.58. The van der Waals surface area contributed by atoms with E-state index in [2.05, 4.69) is 15.5 Å². The third kappa shape index (κ3) is 3.33. The molecule has 1 aromatic rings. The Morgan fingerprint density at radius 1 is 1.32 bits per heavy atom. The summed E-state index contributed by atoms with van der Waals surface area (Å²) in [4.78, 5) is 51.6. The molecule has 4 rings (SSSR count). The molecule has 3 aliphatic heterocycles. The molecule has 148 valence electrons. The molecule has 3 aliphatic rings. The van der Waals surface area contributed by atoms with Crippen LogP contribution < -0.4 is 10.6 Å². The lowest BCUT2D eigenvalue weighted by Gasteiger charge is -2.56. The van der Waals surface area contributed by atoms with Gasteiger partial charge in [0.1, 0.15) is 6.04 Å². The van der Waals surface area contributed by atoms with Crippen molar-refractivity contribution in [3.8, 4) is 0 Å². The second kappa shape index (κ2) is 7.10. The van der Waals surface area contributed by atoms with Gasteiger partial charge in [0.15, 0.2) is 6.29 Å². The minimum absolute atomic E-state index is 0.195. The topological polar surface area (TPSA) is 98.8 Å². The van der Waals surface area contributed by atoms with E-state index in [0.717, 1.165) is 38.3 Å². The van der Waals surface area contributed by atoms with Gasteiger partial charge in [0.25, 0.3) is 5.91 Å². The van der Waals surface area contributed by atoms with Crippen LogP contribution in [0.5, 0.6) is 0 Å². The van der Waals surface area contributed by atoms with E-state index in [9.17, 15) is 19.2 Å². The average Bonchev–Trinajstić information content (AvgIpc) is 2.61. The number of nitrogens with one attached hydrogen (secondary N) is 2. The minimum Gasteiger partial charge on any atom is -0.330 e. The van der Waals surface area contributed by atoms with E-state index in [1.54, 1.807) is 12.1 Å². The Balaban J connectivity index is 1.48. The first-order chi connectivity index (χ1) is 13.4. The molecule has 1 unspecified atom stereocenters. The number of likely N-dealkylation sites (N-methyl/N-ethyl adjacent to an activating group) is 1. The van der Waals surface area contributed by atoms with Gasteiger partial charge in [-0.1, -0.05) is 12.1 Å². The smallest absolute Gasteiger partial charge is 0.255 e. The fourth-order valence-corrected chi connectivity index (χ4v) is 4.35. The predicted octanol–water partition coefficient (Wildman–Crippen LogP) is -0.218. The number of imide groups is 1. The van der Waals surface area contributed by atoms with Crippen LogP contribution in [0.25, 0.3) is 0 Å². The van der Waals surface area contributed by atoms with Crippen molar-refractivity contribution in [3.63, 3.8) is 0 Å². The molecule has 1 spiro atoms. The first-order valence-electron chi connectivity index (χ1n) is 9.53. The third-order valence-corrected chi connectivity index (χ3v) is 6.00. The Labute approximate surface area is 163 Å². The van der Waals surface area contributed by atoms with Crippen LogP contribution in [0.1, 0.15) is 39.1 Å². The fraction of sp³-hybridized carbons (Fsp3) is 0.500. The van der Waals surface area contributed by atoms with E-state index in [-0.39, 0.29) is 24.7 Å². The molecule has 3 heterocycles. The molecule has 0 radical (unpaired) electrons. The van der Waals surface area contributed by atoms with Gasteiger partial charge in [-0.05, 0) is 18.1 Å².